The summed E-state index contributed by atoms with van der Waals surface area (Å²) in [6.07, 6.45) is 3.87. The van der Waals surface area contributed by atoms with E-state index >= 15 is 0 Å². The van der Waals surface area contributed by atoms with Gasteiger partial charge in [-0.3, -0.25) is 4.79 Å². The maximum absolute atomic E-state index is 13.9. The molecule has 0 radical (unpaired) electrons. The zero-order valence-corrected chi connectivity index (χ0v) is 16.8. The summed E-state index contributed by atoms with van der Waals surface area (Å²) in [4.78, 5) is 22.6. The molecule has 0 spiro atoms. The molecule has 3 aromatic rings. The second kappa shape index (κ2) is 9.19. The lowest BCUT2D eigenvalue weighted by Gasteiger charge is -2.32. The quantitative estimate of drug-likeness (QED) is 0.580. The van der Waals surface area contributed by atoms with Crippen LogP contribution in [0.25, 0.3) is 17.0 Å². The molecule has 0 aliphatic carbocycles. The Labute approximate surface area is 177 Å². The van der Waals surface area contributed by atoms with E-state index in [4.69, 9.17) is 21.1 Å². The molecular formula is C22H19ClFN3O3. The zero-order chi connectivity index (χ0) is 20.9. The summed E-state index contributed by atoms with van der Waals surface area (Å²) in [5.41, 5.74) is 0.983. The minimum atomic E-state index is -0.475. The monoisotopic (exact) mass is 427 g/mol. The number of rotatable bonds is 5. The first-order valence-corrected chi connectivity index (χ1v) is 9.85. The number of aromatic nitrogens is 2. The molecular weight excluding hydrogens is 409 g/mol. The Bertz CT molecular complexity index is 1070. The van der Waals surface area contributed by atoms with Gasteiger partial charge in [0.1, 0.15) is 24.9 Å². The molecule has 8 heteroatoms. The Morgan fingerprint density at radius 2 is 2.13 bits per heavy atom. The van der Waals surface area contributed by atoms with Crippen molar-refractivity contribution in [2.24, 2.45) is 0 Å². The van der Waals surface area contributed by atoms with Gasteiger partial charge < -0.3 is 14.4 Å². The summed E-state index contributed by atoms with van der Waals surface area (Å²) < 4.78 is 25.4. The Kier molecular flexibility index (Phi) is 6.21. The van der Waals surface area contributed by atoms with E-state index in [-0.39, 0.29) is 29.2 Å². The van der Waals surface area contributed by atoms with Gasteiger partial charge in [-0.15, -0.1) is 0 Å². The summed E-state index contributed by atoms with van der Waals surface area (Å²) in [6.45, 7) is 1.44. The molecule has 1 saturated heterocycles. The Balaban J connectivity index is 1.38. The summed E-state index contributed by atoms with van der Waals surface area (Å²) in [5.74, 6) is -0.242. The molecule has 1 atom stereocenters. The number of amides is 1. The van der Waals surface area contributed by atoms with Crippen LogP contribution in [0.5, 0.6) is 5.88 Å². The Morgan fingerprint density at radius 1 is 1.27 bits per heavy atom. The number of carbonyl (C=O) groups is 1. The highest BCUT2D eigenvalue weighted by Crippen LogP contribution is 2.22. The van der Waals surface area contributed by atoms with Crippen LogP contribution < -0.4 is 4.74 Å². The number of benzene rings is 2. The minimum absolute atomic E-state index is 0.191. The van der Waals surface area contributed by atoms with Crippen molar-refractivity contribution in [3.8, 4) is 5.88 Å². The first-order chi connectivity index (χ1) is 14.6. The van der Waals surface area contributed by atoms with Crippen LogP contribution >= 0.6 is 11.6 Å². The third kappa shape index (κ3) is 4.58. The highest BCUT2D eigenvalue weighted by molar-refractivity contribution is 6.32. The molecule has 0 N–H and O–H groups in total. The molecule has 1 aliphatic heterocycles. The SMILES string of the molecule is O=C(C=Cc1c(F)cccc1Cl)N1CCOC(COc2ncnc3ccccc23)C1. The van der Waals surface area contributed by atoms with Gasteiger partial charge in [0.05, 0.1) is 29.1 Å². The number of para-hydroxylation sites is 1. The average Bonchev–Trinajstić information content (AvgIpc) is 2.77. The smallest absolute Gasteiger partial charge is 0.246 e. The number of ether oxygens (including phenoxy) is 2. The van der Waals surface area contributed by atoms with Crippen molar-refractivity contribution in [2.45, 2.75) is 6.10 Å². The number of morpholine rings is 1. The van der Waals surface area contributed by atoms with Crippen molar-refractivity contribution in [3.63, 3.8) is 0 Å². The van der Waals surface area contributed by atoms with Gasteiger partial charge in [0, 0.05) is 18.2 Å². The van der Waals surface area contributed by atoms with Gasteiger partial charge in [0.25, 0.3) is 0 Å². The average molecular weight is 428 g/mol. The van der Waals surface area contributed by atoms with Crippen LogP contribution in [0.3, 0.4) is 0 Å². The lowest BCUT2D eigenvalue weighted by Crippen LogP contribution is -2.47. The van der Waals surface area contributed by atoms with E-state index in [1.165, 1.54) is 30.6 Å². The molecule has 154 valence electrons. The fourth-order valence-corrected chi connectivity index (χ4v) is 3.44. The van der Waals surface area contributed by atoms with E-state index in [9.17, 15) is 9.18 Å². The predicted molar refractivity (Wildman–Crippen MR) is 112 cm³/mol. The van der Waals surface area contributed by atoms with Crippen molar-refractivity contribution >= 4 is 34.5 Å². The summed E-state index contributed by atoms with van der Waals surface area (Å²) in [6, 6.07) is 12.0. The van der Waals surface area contributed by atoms with E-state index in [2.05, 4.69) is 9.97 Å². The van der Waals surface area contributed by atoms with Crippen LogP contribution in [0, 0.1) is 5.82 Å². The molecule has 1 amide bonds. The lowest BCUT2D eigenvalue weighted by molar-refractivity contribution is -0.134. The molecule has 30 heavy (non-hydrogen) atoms. The molecule has 6 nitrogen and oxygen atoms in total. The zero-order valence-electron chi connectivity index (χ0n) is 16.0. The molecule has 2 heterocycles. The molecule has 1 unspecified atom stereocenters. The first-order valence-electron chi connectivity index (χ1n) is 9.47. The summed E-state index contributed by atoms with van der Waals surface area (Å²) >= 11 is 6.00. The fourth-order valence-electron chi connectivity index (χ4n) is 3.22. The second-order valence-electron chi connectivity index (χ2n) is 6.75. The van der Waals surface area contributed by atoms with Gasteiger partial charge in [0.15, 0.2) is 0 Å². The summed E-state index contributed by atoms with van der Waals surface area (Å²) in [5, 5.41) is 1.07. The second-order valence-corrected chi connectivity index (χ2v) is 7.16. The molecule has 2 aromatic carbocycles. The van der Waals surface area contributed by atoms with Gasteiger partial charge in [0.2, 0.25) is 11.8 Å². The highest BCUT2D eigenvalue weighted by Gasteiger charge is 2.24. The number of carbonyl (C=O) groups excluding carboxylic acids is 1. The fraction of sp³-hybridized carbons (Fsp3) is 0.227. The van der Waals surface area contributed by atoms with Crippen LogP contribution in [0.4, 0.5) is 4.39 Å². The van der Waals surface area contributed by atoms with E-state index in [0.29, 0.717) is 25.6 Å². The highest BCUT2D eigenvalue weighted by atomic mass is 35.5. The maximum Gasteiger partial charge on any atom is 0.246 e. The van der Waals surface area contributed by atoms with E-state index in [1.807, 2.05) is 24.3 Å². The van der Waals surface area contributed by atoms with Crippen molar-refractivity contribution in [1.29, 1.82) is 0 Å². The summed E-state index contributed by atoms with van der Waals surface area (Å²) in [7, 11) is 0. The van der Waals surface area contributed by atoms with Gasteiger partial charge in [-0.25, -0.2) is 14.4 Å². The number of hydrogen-bond donors (Lipinski definition) is 0. The molecule has 1 aliphatic rings. The van der Waals surface area contributed by atoms with Crippen molar-refractivity contribution in [3.05, 3.63) is 71.3 Å². The Hall–Kier alpha value is -3.03. The topological polar surface area (TPSA) is 64.6 Å². The molecule has 1 aromatic heterocycles. The maximum atomic E-state index is 13.9. The van der Waals surface area contributed by atoms with E-state index < -0.39 is 5.82 Å². The van der Waals surface area contributed by atoms with Gasteiger partial charge in [-0.2, -0.15) is 0 Å². The predicted octanol–water partition coefficient (Wildman–Crippen LogP) is 3.74. The van der Waals surface area contributed by atoms with Crippen LogP contribution in [0.2, 0.25) is 5.02 Å². The van der Waals surface area contributed by atoms with E-state index in [1.54, 1.807) is 11.0 Å². The standard InChI is InChI=1S/C22H19ClFN3O3/c23-18-5-3-6-19(24)16(18)8-9-21(28)27-10-11-29-15(12-27)13-30-22-17-4-1-2-7-20(17)25-14-26-22/h1-9,14-15H,10-13H2. The number of halogens is 2. The molecule has 4 rings (SSSR count). The van der Waals surface area contributed by atoms with Crippen LogP contribution in [0.15, 0.2) is 54.9 Å². The molecule has 0 bridgehead atoms. The largest absolute Gasteiger partial charge is 0.474 e. The van der Waals surface area contributed by atoms with Crippen molar-refractivity contribution < 1.29 is 18.7 Å². The van der Waals surface area contributed by atoms with Gasteiger partial charge in [-0.05, 0) is 30.3 Å². The molecule has 0 saturated carbocycles. The van der Waals surface area contributed by atoms with E-state index in [0.717, 1.165) is 10.9 Å². The third-order valence-corrected chi connectivity index (χ3v) is 5.08. The third-order valence-electron chi connectivity index (χ3n) is 4.75. The van der Waals surface area contributed by atoms with Crippen LogP contribution in [-0.2, 0) is 9.53 Å². The van der Waals surface area contributed by atoms with Crippen molar-refractivity contribution in [1.82, 2.24) is 14.9 Å². The number of fused-ring (bicyclic) bond motifs is 1. The number of hydrogen-bond acceptors (Lipinski definition) is 5. The van der Waals surface area contributed by atoms with Gasteiger partial charge in [-0.1, -0.05) is 29.8 Å². The number of nitrogens with zero attached hydrogens (tertiary/aromatic N) is 3. The lowest BCUT2D eigenvalue weighted by atomic mass is 10.2. The Morgan fingerprint density at radius 3 is 3.00 bits per heavy atom. The van der Waals surface area contributed by atoms with Crippen molar-refractivity contribution in [2.75, 3.05) is 26.3 Å². The molecule has 1 fully saturated rings. The van der Waals surface area contributed by atoms with Crippen LogP contribution in [0.1, 0.15) is 5.56 Å². The minimum Gasteiger partial charge on any atom is -0.474 e. The van der Waals surface area contributed by atoms with Gasteiger partial charge >= 0.3 is 0 Å². The first kappa shape index (κ1) is 20.3. The normalized spacial score (nSPS) is 16.9. The van der Waals surface area contributed by atoms with Crippen LogP contribution in [-0.4, -0.2) is 53.2 Å².